The Morgan fingerprint density at radius 2 is 2.29 bits per heavy atom. The average molecular weight is 196 g/mol. The summed E-state index contributed by atoms with van der Waals surface area (Å²) < 4.78 is 0. The molecule has 14 heavy (non-hydrogen) atoms. The highest BCUT2D eigenvalue weighted by Gasteiger charge is 2.27. The van der Waals surface area contributed by atoms with Crippen LogP contribution in [0.4, 0.5) is 5.95 Å². The first-order valence-corrected chi connectivity index (χ1v) is 4.47. The second-order valence-electron chi connectivity index (χ2n) is 4.27. The minimum Gasteiger partial charge on any atom is -0.331 e. The molecule has 1 heterocycles. The molecular weight excluding hydrogens is 180 g/mol. The smallest absolute Gasteiger partial charge is 0.244 e. The molecule has 4 N–H and O–H groups in total. The van der Waals surface area contributed by atoms with Crippen molar-refractivity contribution in [1.29, 1.82) is 0 Å². The monoisotopic (exact) mass is 196 g/mol. The van der Waals surface area contributed by atoms with Crippen molar-refractivity contribution in [2.75, 3.05) is 5.32 Å². The summed E-state index contributed by atoms with van der Waals surface area (Å²) >= 11 is 0. The van der Waals surface area contributed by atoms with Crippen LogP contribution in [0.1, 0.15) is 20.8 Å². The molecule has 0 saturated carbocycles. The van der Waals surface area contributed by atoms with Gasteiger partial charge in [-0.3, -0.25) is 10.1 Å². The van der Waals surface area contributed by atoms with Gasteiger partial charge in [-0.25, -0.2) is 4.98 Å². The number of aromatic amines is 1. The maximum Gasteiger partial charge on any atom is 0.244 e. The number of hydrogen-bond donors (Lipinski definition) is 3. The number of amides is 1. The largest absolute Gasteiger partial charge is 0.331 e. The zero-order valence-corrected chi connectivity index (χ0v) is 8.66. The topological polar surface area (TPSA) is 83.8 Å². The van der Waals surface area contributed by atoms with E-state index in [0.717, 1.165) is 0 Å². The molecule has 5 nitrogen and oxygen atoms in total. The van der Waals surface area contributed by atoms with E-state index >= 15 is 0 Å². The van der Waals surface area contributed by atoms with Gasteiger partial charge >= 0.3 is 0 Å². The fraction of sp³-hybridized carbons (Fsp3) is 0.556. The molecule has 5 heteroatoms. The molecule has 1 aromatic heterocycles. The number of nitrogens with two attached hydrogens (primary N) is 1. The number of anilines is 1. The van der Waals surface area contributed by atoms with Gasteiger partial charge in [0.15, 0.2) is 0 Å². The molecule has 0 aromatic carbocycles. The first-order valence-electron chi connectivity index (χ1n) is 4.47. The van der Waals surface area contributed by atoms with Crippen LogP contribution in [0.15, 0.2) is 12.4 Å². The van der Waals surface area contributed by atoms with E-state index in [1.54, 1.807) is 12.4 Å². The summed E-state index contributed by atoms with van der Waals surface area (Å²) in [4.78, 5) is 18.2. The highest BCUT2D eigenvalue weighted by molar-refractivity contribution is 5.93. The van der Waals surface area contributed by atoms with Crippen molar-refractivity contribution < 1.29 is 4.79 Å². The number of aromatic nitrogens is 2. The van der Waals surface area contributed by atoms with Crippen molar-refractivity contribution >= 4 is 11.9 Å². The van der Waals surface area contributed by atoms with Crippen LogP contribution in [0.25, 0.3) is 0 Å². The first kappa shape index (κ1) is 10.7. The number of carbonyl (C=O) groups is 1. The van der Waals surface area contributed by atoms with Crippen LogP contribution in [-0.4, -0.2) is 21.9 Å². The number of nitrogens with zero attached hydrogens (tertiary/aromatic N) is 1. The van der Waals surface area contributed by atoms with Gasteiger partial charge < -0.3 is 10.7 Å². The quantitative estimate of drug-likeness (QED) is 0.651. The fourth-order valence-corrected chi connectivity index (χ4v) is 0.921. The zero-order valence-electron chi connectivity index (χ0n) is 8.66. The lowest BCUT2D eigenvalue weighted by Gasteiger charge is -2.25. The lowest BCUT2D eigenvalue weighted by Crippen LogP contribution is -2.45. The molecule has 78 valence electrons. The Bertz CT molecular complexity index is 299. The van der Waals surface area contributed by atoms with Crippen molar-refractivity contribution in [2.24, 2.45) is 11.1 Å². The van der Waals surface area contributed by atoms with Gasteiger partial charge in [0.25, 0.3) is 0 Å². The van der Waals surface area contributed by atoms with Crippen LogP contribution < -0.4 is 11.1 Å². The lowest BCUT2D eigenvalue weighted by molar-refractivity contribution is -0.119. The number of nitrogens with one attached hydrogen (secondary N) is 2. The molecule has 0 fully saturated rings. The van der Waals surface area contributed by atoms with E-state index in [1.807, 2.05) is 20.8 Å². The number of rotatable bonds is 2. The van der Waals surface area contributed by atoms with Crippen molar-refractivity contribution in [1.82, 2.24) is 9.97 Å². The summed E-state index contributed by atoms with van der Waals surface area (Å²) in [5.41, 5.74) is 5.50. The van der Waals surface area contributed by atoms with Crippen LogP contribution in [-0.2, 0) is 4.79 Å². The Morgan fingerprint density at radius 1 is 1.64 bits per heavy atom. The van der Waals surface area contributed by atoms with Crippen LogP contribution >= 0.6 is 0 Å². The molecule has 0 spiro atoms. The molecule has 0 radical (unpaired) electrons. The van der Waals surface area contributed by atoms with Gasteiger partial charge in [0.2, 0.25) is 11.9 Å². The van der Waals surface area contributed by atoms with Crippen LogP contribution in [0, 0.1) is 5.41 Å². The summed E-state index contributed by atoms with van der Waals surface area (Å²) in [6, 6.07) is -0.549. The Hall–Kier alpha value is -1.36. The van der Waals surface area contributed by atoms with Gasteiger partial charge in [-0.1, -0.05) is 20.8 Å². The molecule has 1 atom stereocenters. The molecule has 0 aliphatic heterocycles. The van der Waals surface area contributed by atoms with Gasteiger partial charge in [-0.2, -0.15) is 0 Å². The molecule has 0 aliphatic rings. The van der Waals surface area contributed by atoms with E-state index in [4.69, 9.17) is 5.73 Å². The number of hydrogen-bond acceptors (Lipinski definition) is 3. The predicted octanol–water partition coefficient (Wildman–Crippen LogP) is 0.722. The molecular formula is C9H16N4O. The van der Waals surface area contributed by atoms with Gasteiger partial charge in [0, 0.05) is 12.4 Å². The van der Waals surface area contributed by atoms with E-state index in [9.17, 15) is 4.79 Å². The highest BCUT2D eigenvalue weighted by atomic mass is 16.2. The van der Waals surface area contributed by atoms with E-state index in [1.165, 1.54) is 0 Å². The number of imidazole rings is 1. The third kappa shape index (κ3) is 2.56. The number of H-pyrrole nitrogens is 1. The normalized spacial score (nSPS) is 13.7. The van der Waals surface area contributed by atoms with Crippen LogP contribution in [0.3, 0.4) is 0 Å². The van der Waals surface area contributed by atoms with Gasteiger partial charge in [0.05, 0.1) is 6.04 Å². The van der Waals surface area contributed by atoms with E-state index in [2.05, 4.69) is 15.3 Å². The van der Waals surface area contributed by atoms with Crippen molar-refractivity contribution in [2.45, 2.75) is 26.8 Å². The molecule has 0 saturated heterocycles. The minimum atomic E-state index is -0.549. The third-order valence-corrected chi connectivity index (χ3v) is 1.96. The third-order valence-electron chi connectivity index (χ3n) is 1.96. The summed E-state index contributed by atoms with van der Waals surface area (Å²) in [5, 5.41) is 2.60. The summed E-state index contributed by atoms with van der Waals surface area (Å²) in [6.45, 7) is 5.75. The molecule has 0 bridgehead atoms. The Labute approximate surface area is 83.1 Å². The van der Waals surface area contributed by atoms with Crippen LogP contribution in [0.2, 0.25) is 0 Å². The summed E-state index contributed by atoms with van der Waals surface area (Å²) in [5.74, 6) is 0.196. The average Bonchev–Trinajstić information content (AvgIpc) is 2.53. The Kier molecular flexibility index (Phi) is 2.90. The standard InChI is InChI=1S/C9H16N4O/c1-9(2,3)6(10)7(14)13-8-11-4-5-12-8/h4-6H,10H2,1-3H3,(H2,11,12,13,14). The predicted molar refractivity (Wildman–Crippen MR) is 54.6 cm³/mol. The maximum absolute atomic E-state index is 11.6. The first-order chi connectivity index (χ1) is 6.41. The van der Waals surface area contributed by atoms with E-state index in [0.29, 0.717) is 5.95 Å². The fourth-order valence-electron chi connectivity index (χ4n) is 0.921. The summed E-state index contributed by atoms with van der Waals surface area (Å²) in [7, 11) is 0. The van der Waals surface area contributed by atoms with Crippen molar-refractivity contribution in [3.8, 4) is 0 Å². The van der Waals surface area contributed by atoms with Gasteiger partial charge in [0.1, 0.15) is 0 Å². The van der Waals surface area contributed by atoms with E-state index in [-0.39, 0.29) is 11.3 Å². The zero-order chi connectivity index (χ0) is 10.8. The molecule has 1 amide bonds. The van der Waals surface area contributed by atoms with Crippen molar-refractivity contribution in [3.05, 3.63) is 12.4 Å². The van der Waals surface area contributed by atoms with Gasteiger partial charge in [-0.05, 0) is 5.41 Å². The second-order valence-corrected chi connectivity index (χ2v) is 4.27. The van der Waals surface area contributed by atoms with Crippen molar-refractivity contribution in [3.63, 3.8) is 0 Å². The SMILES string of the molecule is CC(C)(C)C(N)C(=O)Nc1ncc[nH]1. The number of carbonyl (C=O) groups excluding carboxylic acids is 1. The summed E-state index contributed by atoms with van der Waals surface area (Å²) in [6.07, 6.45) is 3.20. The van der Waals surface area contributed by atoms with E-state index < -0.39 is 6.04 Å². The lowest BCUT2D eigenvalue weighted by atomic mass is 9.87. The molecule has 1 unspecified atom stereocenters. The maximum atomic E-state index is 11.6. The molecule has 1 aromatic rings. The van der Waals surface area contributed by atoms with Gasteiger partial charge in [-0.15, -0.1) is 0 Å². The Balaban J connectivity index is 2.59. The highest BCUT2D eigenvalue weighted by Crippen LogP contribution is 2.17. The minimum absolute atomic E-state index is 0.229. The second kappa shape index (κ2) is 3.79. The van der Waals surface area contributed by atoms with Crippen LogP contribution in [0.5, 0.6) is 0 Å². The Morgan fingerprint density at radius 3 is 2.71 bits per heavy atom. The molecule has 1 rings (SSSR count). The molecule has 0 aliphatic carbocycles.